The van der Waals surface area contributed by atoms with Crippen LogP contribution in [0.15, 0.2) is 36.9 Å². The first-order chi connectivity index (χ1) is 16.4. The Morgan fingerprint density at radius 2 is 1.91 bits per heavy atom. The second-order valence-corrected chi connectivity index (χ2v) is 8.96. The molecule has 2 aromatic rings. The highest BCUT2D eigenvalue weighted by Gasteiger charge is 2.50. The first-order valence-corrected chi connectivity index (χ1v) is 11.7. The smallest absolute Gasteiger partial charge is 0.458 e. The van der Waals surface area contributed by atoms with E-state index in [1.807, 2.05) is 58.0 Å². The lowest BCUT2D eigenvalue weighted by Gasteiger charge is -2.45. The van der Waals surface area contributed by atoms with E-state index in [2.05, 4.69) is 18.7 Å². The summed E-state index contributed by atoms with van der Waals surface area (Å²) in [5.41, 5.74) is 2.02. The van der Waals surface area contributed by atoms with Crippen LogP contribution in [0.5, 0.6) is 0 Å². The van der Waals surface area contributed by atoms with Crippen molar-refractivity contribution in [3.8, 4) is 0 Å². The van der Waals surface area contributed by atoms with Gasteiger partial charge >= 0.3 is 13.2 Å². The second-order valence-electron chi connectivity index (χ2n) is 8.96. The van der Waals surface area contributed by atoms with Crippen molar-refractivity contribution in [3.63, 3.8) is 0 Å². The van der Waals surface area contributed by atoms with Crippen LogP contribution < -0.4 is 14.4 Å². The molecule has 1 fully saturated rings. The topological polar surface area (TPSA) is 58.7 Å². The average Bonchev–Trinajstić information content (AvgIpc) is 3.28. The molecular formula is C23H31BF4N4O3. The van der Waals surface area contributed by atoms with Crippen molar-refractivity contribution < 1.29 is 36.2 Å². The predicted octanol–water partition coefficient (Wildman–Crippen LogP) is 4.32. The number of rotatable bonds is 7. The predicted molar refractivity (Wildman–Crippen MR) is 125 cm³/mol. The normalized spacial score (nSPS) is 19.1. The van der Waals surface area contributed by atoms with Crippen LogP contribution in [-0.2, 0) is 23.1 Å². The van der Waals surface area contributed by atoms with Crippen LogP contribution in [0.4, 0.5) is 28.6 Å². The number of esters is 1. The number of carbonyl (C=O) groups is 2. The van der Waals surface area contributed by atoms with Gasteiger partial charge in [-0.05, 0) is 44.4 Å². The molecule has 0 bridgehead atoms. The van der Waals surface area contributed by atoms with Gasteiger partial charge in [-0.2, -0.15) is 0 Å². The van der Waals surface area contributed by atoms with Gasteiger partial charge in [-0.25, -0.2) is 13.9 Å². The maximum Gasteiger partial charge on any atom is 0.673 e. The van der Waals surface area contributed by atoms with E-state index in [9.17, 15) is 26.9 Å². The van der Waals surface area contributed by atoms with Gasteiger partial charge in [-0.1, -0.05) is 13.3 Å². The molecule has 35 heavy (non-hydrogen) atoms. The van der Waals surface area contributed by atoms with Gasteiger partial charge in [0.05, 0.1) is 24.0 Å². The summed E-state index contributed by atoms with van der Waals surface area (Å²) in [7, 11) is -4.05. The van der Waals surface area contributed by atoms with Gasteiger partial charge in [-0.3, -0.25) is 9.69 Å². The van der Waals surface area contributed by atoms with E-state index < -0.39 is 7.25 Å². The number of halogens is 4. The van der Waals surface area contributed by atoms with Crippen molar-refractivity contribution in [1.29, 1.82) is 0 Å². The number of nitrogens with zero attached hydrogens (tertiary/aromatic N) is 4. The van der Waals surface area contributed by atoms with Crippen molar-refractivity contribution in [1.82, 2.24) is 4.57 Å². The van der Waals surface area contributed by atoms with Gasteiger partial charge in [0, 0.05) is 13.0 Å². The van der Waals surface area contributed by atoms with E-state index in [1.165, 1.54) is 0 Å². The summed E-state index contributed by atoms with van der Waals surface area (Å²) >= 11 is 0. The standard InChI is InChI=1S/C23H31N4O3.BF4/c1-4-5-11-26-19-9-8-18(22(29)30-15-14-25-13-12-24(3)17-25)16-20(19)27-21(28)7-6-10-23(26,27)2;2-1(3,4)5/h8-9,12-13,16-17H,4-7,10-11,14-15H2,1-3H3;/q+1;-1. The Bertz CT molecular complexity index is 1060. The first kappa shape index (κ1) is 26.6. The van der Waals surface area contributed by atoms with Crippen LogP contribution in [0.25, 0.3) is 0 Å². The number of aromatic nitrogens is 2. The molecule has 1 aromatic heterocycles. The summed E-state index contributed by atoms with van der Waals surface area (Å²) in [6, 6.07) is 5.63. The van der Waals surface area contributed by atoms with E-state index in [0.29, 0.717) is 25.1 Å². The molecule has 2 aliphatic heterocycles. The van der Waals surface area contributed by atoms with Crippen molar-refractivity contribution in [2.75, 3.05) is 23.0 Å². The number of carbonyl (C=O) groups excluding carboxylic acids is 2. The molecule has 0 saturated carbocycles. The summed E-state index contributed by atoms with van der Waals surface area (Å²) in [5, 5.41) is 0. The highest BCUT2D eigenvalue weighted by atomic mass is 19.5. The molecule has 3 heterocycles. The molecule has 0 spiro atoms. The molecule has 1 atom stereocenters. The van der Waals surface area contributed by atoms with Crippen molar-refractivity contribution in [3.05, 3.63) is 42.5 Å². The first-order valence-electron chi connectivity index (χ1n) is 11.7. The van der Waals surface area contributed by atoms with E-state index in [-0.39, 0.29) is 17.5 Å². The monoisotopic (exact) mass is 498 g/mol. The Morgan fingerprint density at radius 1 is 1.20 bits per heavy atom. The van der Waals surface area contributed by atoms with Gasteiger partial charge in [0.1, 0.15) is 31.2 Å². The zero-order valence-corrected chi connectivity index (χ0v) is 20.2. The number of aryl methyl sites for hydroxylation is 1. The Kier molecular flexibility index (Phi) is 8.12. The minimum absolute atomic E-state index is 0.134. The number of hydrogen-bond acceptors (Lipinski definition) is 4. The molecule has 1 aromatic carbocycles. The molecule has 1 amide bonds. The third-order valence-electron chi connectivity index (χ3n) is 6.24. The highest BCUT2D eigenvalue weighted by molar-refractivity contribution is 6.50. The molecule has 0 aliphatic carbocycles. The van der Waals surface area contributed by atoms with Crippen molar-refractivity contribution >= 4 is 30.5 Å². The van der Waals surface area contributed by atoms with Crippen molar-refractivity contribution in [2.45, 2.75) is 58.2 Å². The molecule has 2 aliphatic rings. The molecule has 1 unspecified atom stereocenters. The Labute approximate surface area is 202 Å². The maximum absolute atomic E-state index is 12.9. The van der Waals surface area contributed by atoms with Crippen LogP contribution in [0, 0.1) is 0 Å². The number of fused-ring (bicyclic) bond motifs is 3. The van der Waals surface area contributed by atoms with E-state index in [1.54, 1.807) is 0 Å². The largest absolute Gasteiger partial charge is 0.673 e. The van der Waals surface area contributed by atoms with E-state index in [4.69, 9.17) is 4.74 Å². The number of piperidine rings is 1. The highest BCUT2D eigenvalue weighted by Crippen LogP contribution is 2.50. The number of ether oxygens (including phenoxy) is 1. The summed E-state index contributed by atoms with van der Waals surface area (Å²) in [5.74, 6) is -0.220. The Hall–Kier alpha value is -3.05. The zero-order valence-electron chi connectivity index (χ0n) is 20.2. The number of unbranched alkanes of at least 4 members (excludes halogenated alkanes) is 1. The van der Waals surface area contributed by atoms with Crippen LogP contribution in [0.3, 0.4) is 0 Å². The molecule has 12 heteroatoms. The number of anilines is 2. The quantitative estimate of drug-likeness (QED) is 0.247. The SMILES string of the molecule is CCCCN1c2ccc(C(=O)OCCn3cc[n+](C)c3)cc2N2C(=O)CCCC12C.F[B-](F)(F)F. The molecule has 0 N–H and O–H groups in total. The summed E-state index contributed by atoms with van der Waals surface area (Å²) < 4.78 is 48.4. The lowest BCUT2D eigenvalue weighted by molar-refractivity contribution is -0.671. The average molecular weight is 498 g/mol. The van der Waals surface area contributed by atoms with Crippen LogP contribution in [-0.4, -0.2) is 42.5 Å². The van der Waals surface area contributed by atoms with Gasteiger partial charge in [-0.15, -0.1) is 0 Å². The lowest BCUT2D eigenvalue weighted by Crippen LogP contribution is -2.59. The summed E-state index contributed by atoms with van der Waals surface area (Å²) in [4.78, 5) is 29.8. The molecular weight excluding hydrogens is 467 g/mol. The third kappa shape index (κ3) is 6.34. The van der Waals surface area contributed by atoms with Crippen LogP contribution in [0.2, 0.25) is 0 Å². The lowest BCUT2D eigenvalue weighted by atomic mass is 9.96. The summed E-state index contributed by atoms with van der Waals surface area (Å²) in [6.07, 6.45) is 10.4. The zero-order chi connectivity index (χ0) is 25.8. The van der Waals surface area contributed by atoms with Gasteiger partial charge in [0.25, 0.3) is 0 Å². The molecule has 4 rings (SSSR count). The molecule has 192 valence electrons. The van der Waals surface area contributed by atoms with Gasteiger partial charge in [0.15, 0.2) is 0 Å². The van der Waals surface area contributed by atoms with E-state index in [0.717, 1.165) is 43.6 Å². The fraction of sp³-hybridized carbons (Fsp3) is 0.522. The number of amides is 1. The fourth-order valence-corrected chi connectivity index (χ4v) is 4.67. The number of hydrogen-bond donors (Lipinski definition) is 0. The summed E-state index contributed by atoms with van der Waals surface area (Å²) in [6.45, 7) is 6.13. The van der Waals surface area contributed by atoms with Gasteiger partial charge < -0.3 is 26.9 Å². The number of benzene rings is 1. The third-order valence-corrected chi connectivity index (χ3v) is 6.24. The molecule has 0 radical (unpaired) electrons. The van der Waals surface area contributed by atoms with Crippen molar-refractivity contribution in [2.24, 2.45) is 7.05 Å². The Morgan fingerprint density at radius 3 is 2.54 bits per heavy atom. The van der Waals surface area contributed by atoms with Gasteiger partial charge in [0.2, 0.25) is 12.2 Å². The second kappa shape index (κ2) is 10.7. The minimum Gasteiger partial charge on any atom is -0.458 e. The molecule has 7 nitrogen and oxygen atoms in total. The molecule has 1 saturated heterocycles. The fourth-order valence-electron chi connectivity index (χ4n) is 4.67. The van der Waals surface area contributed by atoms with Crippen LogP contribution in [0.1, 0.15) is 56.3 Å². The minimum atomic E-state index is -6.00. The maximum atomic E-state index is 12.9. The number of imidazole rings is 1. The Balaban J connectivity index is 0.000000623. The van der Waals surface area contributed by atoms with Crippen LogP contribution >= 0.6 is 0 Å². The van der Waals surface area contributed by atoms with E-state index >= 15 is 0 Å².